The molecule has 92 valence electrons. The van der Waals surface area contributed by atoms with Crippen LogP contribution in [0.1, 0.15) is 15.9 Å². The van der Waals surface area contributed by atoms with E-state index in [1.54, 1.807) is 0 Å². The quantitative estimate of drug-likeness (QED) is 0.866. The van der Waals surface area contributed by atoms with E-state index in [-0.39, 0.29) is 10.7 Å². The van der Waals surface area contributed by atoms with Crippen LogP contribution in [0.15, 0.2) is 46.3 Å². The van der Waals surface area contributed by atoms with E-state index in [0.29, 0.717) is 5.03 Å². The molecule has 0 aliphatic rings. The second-order valence-corrected chi connectivity index (χ2v) is 5.14. The van der Waals surface area contributed by atoms with Crippen molar-refractivity contribution in [3.05, 3.63) is 52.7 Å². The van der Waals surface area contributed by atoms with Crippen molar-refractivity contribution >= 4 is 29.3 Å². The van der Waals surface area contributed by atoms with Crippen LogP contribution in [0.5, 0.6) is 0 Å². The number of hydrogen-bond donors (Lipinski definition) is 1. The maximum absolute atomic E-state index is 10.9. The zero-order chi connectivity index (χ0) is 13.1. The van der Waals surface area contributed by atoms with Gasteiger partial charge in [0.25, 0.3) is 0 Å². The molecule has 0 radical (unpaired) electrons. The standard InChI is InChI=1S/C13H10ClNO2S/c1-8-4-2-3-5-10(8)18-12-7-9(13(16)17)6-11(14)15-12/h2-7H,1H3,(H,16,17). The van der Waals surface area contributed by atoms with E-state index in [1.165, 1.54) is 23.9 Å². The Hall–Kier alpha value is -1.52. The van der Waals surface area contributed by atoms with Crippen molar-refractivity contribution in [2.75, 3.05) is 0 Å². The number of rotatable bonds is 3. The molecule has 1 N–H and O–H groups in total. The Labute approximate surface area is 114 Å². The highest BCUT2D eigenvalue weighted by Crippen LogP contribution is 2.30. The zero-order valence-corrected chi connectivity index (χ0v) is 11.1. The fraction of sp³-hybridized carbons (Fsp3) is 0.0769. The molecular weight excluding hydrogens is 270 g/mol. The van der Waals surface area contributed by atoms with Crippen molar-refractivity contribution in [1.29, 1.82) is 0 Å². The van der Waals surface area contributed by atoms with E-state index in [1.807, 2.05) is 31.2 Å². The van der Waals surface area contributed by atoms with Gasteiger partial charge in [-0.3, -0.25) is 0 Å². The van der Waals surface area contributed by atoms with Crippen molar-refractivity contribution in [3.63, 3.8) is 0 Å². The Bertz CT molecular complexity index is 601. The molecule has 0 saturated heterocycles. The van der Waals surface area contributed by atoms with Gasteiger partial charge in [0, 0.05) is 4.90 Å². The van der Waals surface area contributed by atoms with Crippen LogP contribution in [0, 0.1) is 6.92 Å². The van der Waals surface area contributed by atoms with Gasteiger partial charge in [0.1, 0.15) is 10.2 Å². The summed E-state index contributed by atoms with van der Waals surface area (Å²) in [5.74, 6) is -1.01. The summed E-state index contributed by atoms with van der Waals surface area (Å²) >= 11 is 7.21. The number of aromatic nitrogens is 1. The average molecular weight is 280 g/mol. The molecule has 0 aliphatic carbocycles. The molecule has 0 atom stereocenters. The van der Waals surface area contributed by atoms with E-state index in [9.17, 15) is 4.79 Å². The van der Waals surface area contributed by atoms with Crippen molar-refractivity contribution < 1.29 is 9.90 Å². The largest absolute Gasteiger partial charge is 0.478 e. The van der Waals surface area contributed by atoms with Crippen molar-refractivity contribution in [1.82, 2.24) is 4.98 Å². The SMILES string of the molecule is Cc1ccccc1Sc1cc(C(=O)O)cc(Cl)n1. The van der Waals surface area contributed by atoms with Crippen molar-refractivity contribution in [2.45, 2.75) is 16.8 Å². The number of nitrogens with zero attached hydrogens (tertiary/aromatic N) is 1. The monoisotopic (exact) mass is 279 g/mol. The van der Waals surface area contributed by atoms with Crippen LogP contribution >= 0.6 is 23.4 Å². The lowest BCUT2D eigenvalue weighted by Gasteiger charge is -2.05. The first kappa shape index (κ1) is 12.9. The van der Waals surface area contributed by atoms with Crippen LogP contribution in [0.25, 0.3) is 0 Å². The Kier molecular flexibility index (Phi) is 3.89. The Morgan fingerprint density at radius 2 is 2.06 bits per heavy atom. The third-order valence-corrected chi connectivity index (χ3v) is 3.62. The lowest BCUT2D eigenvalue weighted by molar-refractivity contribution is 0.0696. The van der Waals surface area contributed by atoms with Crippen LogP contribution in [0.3, 0.4) is 0 Å². The second kappa shape index (κ2) is 5.42. The molecule has 1 aromatic heterocycles. The molecule has 1 aromatic carbocycles. The molecule has 2 aromatic rings. The number of carbonyl (C=O) groups is 1. The minimum atomic E-state index is -1.01. The molecule has 0 bridgehead atoms. The molecule has 0 amide bonds. The van der Waals surface area contributed by atoms with Crippen LogP contribution in [-0.2, 0) is 0 Å². The molecule has 1 heterocycles. The number of hydrogen-bond acceptors (Lipinski definition) is 3. The van der Waals surface area contributed by atoms with E-state index in [4.69, 9.17) is 16.7 Å². The van der Waals surface area contributed by atoms with Gasteiger partial charge >= 0.3 is 5.97 Å². The number of aromatic carboxylic acids is 1. The van der Waals surface area contributed by atoms with Gasteiger partial charge in [-0.1, -0.05) is 41.6 Å². The minimum Gasteiger partial charge on any atom is -0.478 e. The summed E-state index contributed by atoms with van der Waals surface area (Å²) in [7, 11) is 0. The predicted octanol–water partition coefficient (Wildman–Crippen LogP) is 3.89. The maximum atomic E-state index is 10.9. The highest BCUT2D eigenvalue weighted by Gasteiger charge is 2.09. The van der Waals surface area contributed by atoms with Gasteiger partial charge in [-0.05, 0) is 30.7 Å². The molecule has 0 spiro atoms. The molecule has 0 aliphatic heterocycles. The van der Waals surface area contributed by atoms with Gasteiger partial charge in [0.05, 0.1) is 5.56 Å². The summed E-state index contributed by atoms with van der Waals surface area (Å²) in [5.41, 5.74) is 1.26. The summed E-state index contributed by atoms with van der Waals surface area (Å²) in [6.07, 6.45) is 0. The van der Waals surface area contributed by atoms with Crippen LogP contribution < -0.4 is 0 Å². The molecular formula is C13H10ClNO2S. The Morgan fingerprint density at radius 1 is 1.33 bits per heavy atom. The minimum absolute atomic E-state index is 0.145. The molecule has 0 saturated carbocycles. The van der Waals surface area contributed by atoms with Gasteiger partial charge in [-0.25, -0.2) is 9.78 Å². The van der Waals surface area contributed by atoms with Gasteiger partial charge in [0.2, 0.25) is 0 Å². The smallest absolute Gasteiger partial charge is 0.335 e. The summed E-state index contributed by atoms with van der Waals surface area (Å²) in [5, 5.41) is 9.72. The Balaban J connectivity index is 2.35. The number of halogens is 1. The first-order valence-corrected chi connectivity index (χ1v) is 6.40. The lowest BCUT2D eigenvalue weighted by atomic mass is 10.2. The topological polar surface area (TPSA) is 50.2 Å². The summed E-state index contributed by atoms with van der Waals surface area (Å²) in [4.78, 5) is 16.1. The number of pyridine rings is 1. The number of carboxylic acid groups (broad SMARTS) is 1. The van der Waals surface area contributed by atoms with E-state index in [0.717, 1.165) is 10.5 Å². The van der Waals surface area contributed by atoms with Gasteiger partial charge in [-0.15, -0.1) is 0 Å². The fourth-order valence-electron chi connectivity index (χ4n) is 1.43. The lowest BCUT2D eigenvalue weighted by Crippen LogP contribution is -1.97. The zero-order valence-electron chi connectivity index (χ0n) is 9.55. The average Bonchev–Trinajstić information content (AvgIpc) is 2.31. The van der Waals surface area contributed by atoms with Crippen LogP contribution in [0.2, 0.25) is 5.15 Å². The molecule has 3 nitrogen and oxygen atoms in total. The fourth-order valence-corrected chi connectivity index (χ4v) is 2.62. The predicted molar refractivity (Wildman–Crippen MR) is 71.5 cm³/mol. The molecule has 0 fully saturated rings. The van der Waals surface area contributed by atoms with Gasteiger partial charge in [0.15, 0.2) is 0 Å². The molecule has 0 unspecified atom stereocenters. The number of carboxylic acids is 1. The second-order valence-electron chi connectivity index (χ2n) is 3.69. The molecule has 2 rings (SSSR count). The van der Waals surface area contributed by atoms with Crippen LogP contribution in [0.4, 0.5) is 0 Å². The highest BCUT2D eigenvalue weighted by molar-refractivity contribution is 7.99. The van der Waals surface area contributed by atoms with Crippen molar-refractivity contribution in [3.8, 4) is 0 Å². The third kappa shape index (κ3) is 3.03. The van der Waals surface area contributed by atoms with Gasteiger partial charge < -0.3 is 5.11 Å². The summed E-state index contributed by atoms with van der Waals surface area (Å²) < 4.78 is 0. The van der Waals surface area contributed by atoms with Crippen LogP contribution in [-0.4, -0.2) is 16.1 Å². The van der Waals surface area contributed by atoms with Crippen molar-refractivity contribution in [2.24, 2.45) is 0 Å². The van der Waals surface area contributed by atoms with E-state index in [2.05, 4.69) is 4.98 Å². The van der Waals surface area contributed by atoms with E-state index >= 15 is 0 Å². The number of aryl methyl sites for hydroxylation is 1. The normalized spacial score (nSPS) is 10.3. The summed E-state index contributed by atoms with van der Waals surface area (Å²) in [6.45, 7) is 1.99. The first-order chi connectivity index (χ1) is 8.56. The van der Waals surface area contributed by atoms with E-state index < -0.39 is 5.97 Å². The first-order valence-electron chi connectivity index (χ1n) is 5.20. The van der Waals surface area contributed by atoms with Gasteiger partial charge in [-0.2, -0.15) is 0 Å². The maximum Gasteiger partial charge on any atom is 0.335 e. The Morgan fingerprint density at radius 3 is 2.72 bits per heavy atom. The molecule has 18 heavy (non-hydrogen) atoms. The number of benzene rings is 1. The molecule has 5 heteroatoms. The summed E-state index contributed by atoms with van der Waals surface area (Å²) in [6, 6.07) is 10.7. The highest BCUT2D eigenvalue weighted by atomic mass is 35.5. The third-order valence-electron chi connectivity index (χ3n) is 2.33.